The molecule has 0 bridgehead atoms. The Morgan fingerprint density at radius 2 is 2.08 bits per heavy atom. The molecule has 2 atom stereocenters. The van der Waals surface area contributed by atoms with Gasteiger partial charge in [-0.15, -0.1) is 0 Å². The zero-order valence-electron chi connectivity index (χ0n) is 8.45. The van der Waals surface area contributed by atoms with Gasteiger partial charge in [0.1, 0.15) is 0 Å². The highest BCUT2D eigenvalue weighted by atomic mass is 32.2. The Labute approximate surface area is 83.9 Å². The summed E-state index contributed by atoms with van der Waals surface area (Å²) in [5, 5.41) is 9.32. The van der Waals surface area contributed by atoms with Gasteiger partial charge in [-0.2, -0.15) is 11.8 Å². The number of aliphatic hydroxyl groups is 1. The summed E-state index contributed by atoms with van der Waals surface area (Å²) in [5.41, 5.74) is 0. The Hall–Kier alpha value is -0.220. The molecule has 0 aliphatic rings. The van der Waals surface area contributed by atoms with E-state index in [1.807, 2.05) is 6.92 Å². The lowest BCUT2D eigenvalue weighted by Crippen LogP contribution is -2.12. The van der Waals surface area contributed by atoms with Crippen molar-refractivity contribution in [3.63, 3.8) is 0 Å². The fraction of sp³-hybridized carbons (Fsp3) is 0.889. The molecule has 0 aromatic carbocycles. The highest BCUT2D eigenvalue weighted by Gasteiger charge is 2.12. The van der Waals surface area contributed by atoms with Crippen molar-refractivity contribution >= 4 is 17.7 Å². The summed E-state index contributed by atoms with van der Waals surface area (Å²) in [6.07, 6.45) is 1.22. The third-order valence-electron chi connectivity index (χ3n) is 1.68. The number of methoxy groups -OCH3 is 1. The minimum Gasteiger partial charge on any atom is -0.469 e. The molecule has 0 aromatic heterocycles. The van der Waals surface area contributed by atoms with Crippen molar-refractivity contribution in [2.45, 2.75) is 37.2 Å². The lowest BCUT2D eigenvalue weighted by atomic mass is 10.3. The van der Waals surface area contributed by atoms with Gasteiger partial charge in [0.05, 0.1) is 13.5 Å². The van der Waals surface area contributed by atoms with Crippen molar-refractivity contribution in [3.8, 4) is 0 Å². The number of thioether (sulfide) groups is 1. The maximum Gasteiger partial charge on any atom is 0.306 e. The van der Waals surface area contributed by atoms with Gasteiger partial charge in [0, 0.05) is 17.1 Å². The molecule has 0 rings (SSSR count). The standard InChI is InChI=1S/C9H18O3S/c1-7(4-5-10)13-8(2)6-9(11)12-3/h7-8,10H,4-6H2,1-3H3. The van der Waals surface area contributed by atoms with E-state index in [0.29, 0.717) is 11.7 Å². The molecule has 0 aliphatic heterocycles. The summed E-state index contributed by atoms with van der Waals surface area (Å²) < 4.78 is 4.56. The first-order valence-corrected chi connectivity index (χ1v) is 5.37. The van der Waals surface area contributed by atoms with E-state index in [1.165, 1.54) is 7.11 Å². The number of esters is 1. The van der Waals surface area contributed by atoms with E-state index in [0.717, 1.165) is 6.42 Å². The van der Waals surface area contributed by atoms with Crippen LogP contribution in [0.5, 0.6) is 0 Å². The highest BCUT2D eigenvalue weighted by molar-refractivity contribution is 8.00. The van der Waals surface area contributed by atoms with Crippen LogP contribution in [0.3, 0.4) is 0 Å². The zero-order valence-corrected chi connectivity index (χ0v) is 9.26. The molecule has 0 heterocycles. The maximum absolute atomic E-state index is 10.9. The van der Waals surface area contributed by atoms with Crippen molar-refractivity contribution in [1.29, 1.82) is 0 Å². The summed E-state index contributed by atoms with van der Waals surface area (Å²) in [6, 6.07) is 0. The Balaban J connectivity index is 3.60. The van der Waals surface area contributed by atoms with Crippen LogP contribution < -0.4 is 0 Å². The number of aliphatic hydroxyl groups excluding tert-OH is 1. The van der Waals surface area contributed by atoms with E-state index in [9.17, 15) is 4.79 Å². The minimum atomic E-state index is -0.170. The van der Waals surface area contributed by atoms with E-state index < -0.39 is 0 Å². The van der Waals surface area contributed by atoms with Gasteiger partial charge >= 0.3 is 5.97 Å². The molecule has 78 valence electrons. The van der Waals surface area contributed by atoms with Crippen LogP contribution in [0.15, 0.2) is 0 Å². The van der Waals surface area contributed by atoms with Crippen LogP contribution in [0.2, 0.25) is 0 Å². The lowest BCUT2D eigenvalue weighted by Gasteiger charge is -2.14. The van der Waals surface area contributed by atoms with Crippen molar-refractivity contribution in [2.24, 2.45) is 0 Å². The van der Waals surface area contributed by atoms with Crippen LogP contribution in [-0.2, 0) is 9.53 Å². The highest BCUT2D eigenvalue weighted by Crippen LogP contribution is 2.22. The predicted octanol–water partition coefficient (Wildman–Crippen LogP) is 1.44. The number of ether oxygens (including phenoxy) is 1. The second kappa shape index (κ2) is 7.21. The third-order valence-corrected chi connectivity index (χ3v) is 3.01. The molecule has 1 N–H and O–H groups in total. The van der Waals surface area contributed by atoms with E-state index in [1.54, 1.807) is 11.8 Å². The topological polar surface area (TPSA) is 46.5 Å². The first kappa shape index (κ1) is 12.8. The van der Waals surface area contributed by atoms with Gasteiger partial charge in [-0.05, 0) is 6.42 Å². The quantitative estimate of drug-likeness (QED) is 0.668. The molecule has 0 saturated heterocycles. The van der Waals surface area contributed by atoms with E-state index in [4.69, 9.17) is 5.11 Å². The van der Waals surface area contributed by atoms with Crippen LogP contribution >= 0.6 is 11.8 Å². The van der Waals surface area contributed by atoms with Crippen LogP contribution in [0.4, 0.5) is 0 Å². The normalized spacial score (nSPS) is 15.1. The van der Waals surface area contributed by atoms with Gasteiger partial charge < -0.3 is 9.84 Å². The summed E-state index contributed by atoms with van der Waals surface area (Å²) in [7, 11) is 1.40. The van der Waals surface area contributed by atoms with Crippen LogP contribution in [0.25, 0.3) is 0 Å². The van der Waals surface area contributed by atoms with Gasteiger partial charge in [-0.1, -0.05) is 13.8 Å². The summed E-state index contributed by atoms with van der Waals surface area (Å²) in [6.45, 7) is 4.25. The van der Waals surface area contributed by atoms with Crippen molar-refractivity contribution in [3.05, 3.63) is 0 Å². The van der Waals surface area contributed by atoms with Gasteiger partial charge in [0.25, 0.3) is 0 Å². The molecule has 0 fully saturated rings. The number of hydrogen-bond donors (Lipinski definition) is 1. The first-order chi connectivity index (χ1) is 6.10. The Morgan fingerprint density at radius 3 is 2.54 bits per heavy atom. The van der Waals surface area contributed by atoms with Gasteiger partial charge in [-0.25, -0.2) is 0 Å². The van der Waals surface area contributed by atoms with Crippen molar-refractivity contribution < 1.29 is 14.6 Å². The smallest absolute Gasteiger partial charge is 0.306 e. The third kappa shape index (κ3) is 6.90. The Bertz CT molecular complexity index is 150. The zero-order chi connectivity index (χ0) is 10.3. The molecule has 0 saturated carbocycles. The van der Waals surface area contributed by atoms with Gasteiger partial charge in [0.15, 0.2) is 0 Å². The second-order valence-electron chi connectivity index (χ2n) is 3.05. The maximum atomic E-state index is 10.9. The number of hydrogen-bond acceptors (Lipinski definition) is 4. The first-order valence-electron chi connectivity index (χ1n) is 4.43. The van der Waals surface area contributed by atoms with Crippen molar-refractivity contribution in [1.82, 2.24) is 0 Å². The Morgan fingerprint density at radius 1 is 1.46 bits per heavy atom. The monoisotopic (exact) mass is 206 g/mol. The van der Waals surface area contributed by atoms with Crippen molar-refractivity contribution in [2.75, 3.05) is 13.7 Å². The summed E-state index contributed by atoms with van der Waals surface area (Å²) >= 11 is 1.71. The van der Waals surface area contributed by atoms with E-state index in [2.05, 4.69) is 11.7 Å². The average molecular weight is 206 g/mol. The molecule has 0 amide bonds. The molecule has 0 aliphatic carbocycles. The second-order valence-corrected chi connectivity index (χ2v) is 4.93. The molecule has 4 heteroatoms. The number of carbonyl (C=O) groups excluding carboxylic acids is 1. The summed E-state index contributed by atoms with van der Waals surface area (Å²) in [5.74, 6) is -0.170. The van der Waals surface area contributed by atoms with Gasteiger partial charge in [-0.3, -0.25) is 4.79 Å². The largest absolute Gasteiger partial charge is 0.469 e. The van der Waals surface area contributed by atoms with E-state index in [-0.39, 0.29) is 17.8 Å². The number of rotatable bonds is 6. The minimum absolute atomic E-state index is 0.170. The molecule has 0 aromatic rings. The average Bonchev–Trinajstić information content (AvgIpc) is 2.04. The molecular formula is C9H18O3S. The molecular weight excluding hydrogens is 188 g/mol. The molecule has 0 spiro atoms. The molecule has 3 nitrogen and oxygen atoms in total. The van der Waals surface area contributed by atoms with Gasteiger partial charge in [0.2, 0.25) is 0 Å². The van der Waals surface area contributed by atoms with Crippen LogP contribution in [0.1, 0.15) is 26.7 Å². The van der Waals surface area contributed by atoms with E-state index >= 15 is 0 Å². The molecule has 0 radical (unpaired) electrons. The fourth-order valence-electron chi connectivity index (χ4n) is 1.01. The fourth-order valence-corrected chi connectivity index (χ4v) is 2.28. The summed E-state index contributed by atoms with van der Waals surface area (Å²) in [4.78, 5) is 10.9. The van der Waals surface area contributed by atoms with Crippen LogP contribution in [-0.4, -0.2) is 35.3 Å². The van der Waals surface area contributed by atoms with Crippen LogP contribution in [0, 0.1) is 0 Å². The SMILES string of the molecule is COC(=O)CC(C)SC(C)CCO. The lowest BCUT2D eigenvalue weighted by molar-refractivity contribution is -0.140. The number of carbonyl (C=O) groups is 1. The molecule has 2 unspecified atom stereocenters. The molecule has 13 heavy (non-hydrogen) atoms. The Kier molecular flexibility index (Phi) is 7.09. The predicted molar refractivity (Wildman–Crippen MR) is 54.9 cm³/mol.